The number of nitrogens with one attached hydrogen (secondary N) is 2. The largest absolute Gasteiger partial charge is 0.352 e. The third-order valence-corrected chi connectivity index (χ3v) is 3.65. The molecule has 0 saturated heterocycles. The Balaban J connectivity index is 1.62. The van der Waals surface area contributed by atoms with Crippen molar-refractivity contribution in [2.45, 2.75) is 31.7 Å². The second-order valence-corrected chi connectivity index (χ2v) is 5.61. The molecule has 1 saturated carbocycles. The van der Waals surface area contributed by atoms with Crippen LogP contribution in [0.1, 0.15) is 25.7 Å². The smallest absolute Gasteiger partial charge is 0.267 e. The van der Waals surface area contributed by atoms with Crippen molar-refractivity contribution in [2.75, 3.05) is 11.6 Å². The summed E-state index contributed by atoms with van der Waals surface area (Å²) < 4.78 is 0. The van der Waals surface area contributed by atoms with Gasteiger partial charge in [-0.2, -0.15) is 5.10 Å². The number of hydrazone groups is 1. The van der Waals surface area contributed by atoms with Gasteiger partial charge in [0, 0.05) is 18.9 Å². The van der Waals surface area contributed by atoms with E-state index in [0.717, 1.165) is 12.8 Å². The molecule has 0 aromatic heterocycles. The third kappa shape index (κ3) is 3.94. The van der Waals surface area contributed by atoms with Crippen molar-refractivity contribution >= 4 is 29.1 Å². The summed E-state index contributed by atoms with van der Waals surface area (Å²) >= 11 is 0. The first-order chi connectivity index (χ1) is 11.1. The van der Waals surface area contributed by atoms with Crippen LogP contribution in [-0.4, -0.2) is 36.0 Å². The lowest BCUT2D eigenvalue weighted by Crippen LogP contribution is -2.43. The predicted octanol–water partition coefficient (Wildman–Crippen LogP) is 0.564. The molecule has 2 N–H and O–H groups in total. The molecule has 1 aliphatic carbocycles. The summed E-state index contributed by atoms with van der Waals surface area (Å²) in [6, 6.07) is 9.21. The molecular weight excluding hydrogens is 296 g/mol. The SMILES string of the molecule is O=C(CNC(=O)C1=NN(c2ccccc2)C(=O)CC1)NC1CC1. The Hall–Kier alpha value is -2.70. The minimum atomic E-state index is -0.413. The number of anilines is 1. The molecule has 0 radical (unpaired) electrons. The number of para-hydroxylation sites is 1. The molecule has 0 unspecified atom stereocenters. The third-order valence-electron chi connectivity index (χ3n) is 3.65. The lowest BCUT2D eigenvalue weighted by Gasteiger charge is -2.23. The molecule has 1 heterocycles. The highest BCUT2D eigenvalue weighted by Gasteiger charge is 2.26. The zero-order valence-electron chi connectivity index (χ0n) is 12.6. The number of hydrogen-bond acceptors (Lipinski definition) is 4. The van der Waals surface area contributed by atoms with Gasteiger partial charge in [0.15, 0.2) is 0 Å². The molecule has 7 heteroatoms. The first-order valence-electron chi connectivity index (χ1n) is 7.66. The predicted molar refractivity (Wildman–Crippen MR) is 84.8 cm³/mol. The van der Waals surface area contributed by atoms with E-state index < -0.39 is 5.91 Å². The van der Waals surface area contributed by atoms with Crippen molar-refractivity contribution in [3.05, 3.63) is 30.3 Å². The Kier molecular flexibility index (Phi) is 4.36. The number of carbonyl (C=O) groups excluding carboxylic acids is 3. The fraction of sp³-hybridized carbons (Fsp3) is 0.375. The topological polar surface area (TPSA) is 90.9 Å². The van der Waals surface area contributed by atoms with E-state index in [-0.39, 0.29) is 43.0 Å². The van der Waals surface area contributed by atoms with E-state index in [2.05, 4.69) is 15.7 Å². The highest BCUT2D eigenvalue weighted by molar-refractivity contribution is 6.40. The Morgan fingerprint density at radius 3 is 2.61 bits per heavy atom. The van der Waals surface area contributed by atoms with Crippen LogP contribution in [-0.2, 0) is 14.4 Å². The second-order valence-electron chi connectivity index (χ2n) is 5.61. The maximum absolute atomic E-state index is 12.1. The fourth-order valence-electron chi connectivity index (χ4n) is 2.26. The highest BCUT2D eigenvalue weighted by atomic mass is 16.2. The van der Waals surface area contributed by atoms with Crippen molar-refractivity contribution in [3.63, 3.8) is 0 Å². The van der Waals surface area contributed by atoms with Gasteiger partial charge in [-0.1, -0.05) is 18.2 Å². The normalized spacial score (nSPS) is 17.5. The van der Waals surface area contributed by atoms with Gasteiger partial charge >= 0.3 is 0 Å². The zero-order chi connectivity index (χ0) is 16.2. The van der Waals surface area contributed by atoms with Crippen molar-refractivity contribution in [3.8, 4) is 0 Å². The molecule has 0 spiro atoms. The van der Waals surface area contributed by atoms with Gasteiger partial charge in [0.05, 0.1) is 12.2 Å². The van der Waals surface area contributed by atoms with E-state index in [1.807, 2.05) is 6.07 Å². The Morgan fingerprint density at radius 1 is 1.17 bits per heavy atom. The van der Waals surface area contributed by atoms with Gasteiger partial charge in [-0.25, -0.2) is 5.01 Å². The first-order valence-corrected chi connectivity index (χ1v) is 7.66. The zero-order valence-corrected chi connectivity index (χ0v) is 12.6. The van der Waals surface area contributed by atoms with Crippen LogP contribution in [0.3, 0.4) is 0 Å². The molecule has 3 rings (SSSR count). The molecule has 1 aromatic carbocycles. The molecule has 7 nitrogen and oxygen atoms in total. The van der Waals surface area contributed by atoms with Gasteiger partial charge in [-0.3, -0.25) is 14.4 Å². The molecule has 23 heavy (non-hydrogen) atoms. The second kappa shape index (κ2) is 6.60. The summed E-state index contributed by atoms with van der Waals surface area (Å²) in [5.41, 5.74) is 0.877. The average Bonchev–Trinajstić information content (AvgIpc) is 3.38. The highest BCUT2D eigenvalue weighted by Crippen LogP contribution is 2.20. The lowest BCUT2D eigenvalue weighted by molar-refractivity contribution is -0.123. The molecule has 2 aliphatic rings. The lowest BCUT2D eigenvalue weighted by atomic mass is 10.1. The Labute approximate surface area is 133 Å². The quantitative estimate of drug-likeness (QED) is 0.832. The van der Waals surface area contributed by atoms with Gasteiger partial charge < -0.3 is 10.6 Å². The van der Waals surface area contributed by atoms with E-state index in [4.69, 9.17) is 0 Å². The minimum absolute atomic E-state index is 0.0758. The molecule has 0 bridgehead atoms. The van der Waals surface area contributed by atoms with Crippen LogP contribution >= 0.6 is 0 Å². The van der Waals surface area contributed by atoms with Crippen LogP contribution in [0.4, 0.5) is 5.69 Å². The minimum Gasteiger partial charge on any atom is -0.352 e. The van der Waals surface area contributed by atoms with E-state index >= 15 is 0 Å². The Bertz CT molecular complexity index is 653. The number of amides is 3. The molecule has 3 amide bonds. The molecule has 0 atom stereocenters. The Morgan fingerprint density at radius 2 is 1.91 bits per heavy atom. The van der Waals surface area contributed by atoms with Crippen molar-refractivity contribution in [1.29, 1.82) is 0 Å². The number of carbonyl (C=O) groups is 3. The van der Waals surface area contributed by atoms with Crippen molar-refractivity contribution < 1.29 is 14.4 Å². The molecule has 1 fully saturated rings. The van der Waals surface area contributed by atoms with Gasteiger partial charge in [0.25, 0.3) is 5.91 Å². The maximum atomic E-state index is 12.1. The summed E-state index contributed by atoms with van der Waals surface area (Å²) in [5.74, 6) is -0.767. The summed E-state index contributed by atoms with van der Waals surface area (Å²) in [7, 11) is 0. The van der Waals surface area contributed by atoms with Crippen molar-refractivity contribution in [1.82, 2.24) is 10.6 Å². The van der Waals surface area contributed by atoms with Crippen LogP contribution < -0.4 is 15.6 Å². The first kappa shape index (κ1) is 15.2. The monoisotopic (exact) mass is 314 g/mol. The van der Waals surface area contributed by atoms with Gasteiger partial charge in [-0.15, -0.1) is 0 Å². The molecular formula is C16H18N4O3. The van der Waals surface area contributed by atoms with Crippen LogP contribution in [0, 0.1) is 0 Å². The van der Waals surface area contributed by atoms with E-state index in [1.54, 1.807) is 24.3 Å². The van der Waals surface area contributed by atoms with Gasteiger partial charge in [0.1, 0.15) is 5.71 Å². The fourth-order valence-corrected chi connectivity index (χ4v) is 2.26. The number of benzene rings is 1. The van der Waals surface area contributed by atoms with Gasteiger partial charge in [0.2, 0.25) is 11.8 Å². The van der Waals surface area contributed by atoms with Crippen molar-refractivity contribution in [2.24, 2.45) is 5.10 Å². The summed E-state index contributed by atoms with van der Waals surface area (Å²) in [4.78, 5) is 35.7. The molecule has 1 aromatic rings. The number of nitrogens with zero attached hydrogens (tertiary/aromatic N) is 2. The van der Waals surface area contributed by atoms with E-state index in [9.17, 15) is 14.4 Å². The maximum Gasteiger partial charge on any atom is 0.267 e. The summed E-state index contributed by atoms with van der Waals surface area (Å²) in [5, 5.41) is 10.7. The summed E-state index contributed by atoms with van der Waals surface area (Å²) in [6.07, 6.45) is 2.49. The van der Waals surface area contributed by atoms with Gasteiger partial charge in [-0.05, 0) is 25.0 Å². The average molecular weight is 314 g/mol. The van der Waals surface area contributed by atoms with Crippen LogP contribution in [0.2, 0.25) is 0 Å². The van der Waals surface area contributed by atoms with E-state index in [0.29, 0.717) is 5.69 Å². The standard InChI is InChI=1S/C16H18N4O3/c21-14(18-11-6-7-11)10-17-16(23)13-8-9-15(22)20(19-13)12-4-2-1-3-5-12/h1-5,11H,6-10H2,(H,17,23)(H,18,21). The number of rotatable bonds is 5. The molecule has 1 aliphatic heterocycles. The summed E-state index contributed by atoms with van der Waals surface area (Å²) in [6.45, 7) is -0.0758. The van der Waals surface area contributed by atoms with Crippen LogP contribution in [0.15, 0.2) is 35.4 Å². The van der Waals surface area contributed by atoms with E-state index in [1.165, 1.54) is 5.01 Å². The molecule has 120 valence electrons. The van der Waals surface area contributed by atoms with Crippen LogP contribution in [0.25, 0.3) is 0 Å². The number of hydrogen-bond donors (Lipinski definition) is 2. The van der Waals surface area contributed by atoms with Crippen LogP contribution in [0.5, 0.6) is 0 Å².